The van der Waals surface area contributed by atoms with Crippen LogP contribution in [0.2, 0.25) is 0 Å². The minimum Gasteiger partial charge on any atom is -0.497 e. The predicted octanol–water partition coefficient (Wildman–Crippen LogP) is 2.63. The number of benzene rings is 1. The van der Waals surface area contributed by atoms with Crippen molar-refractivity contribution in [3.63, 3.8) is 0 Å². The molecule has 3 amide bonds. The van der Waals surface area contributed by atoms with Crippen molar-refractivity contribution in [2.75, 3.05) is 33.3 Å². The zero-order valence-electron chi connectivity index (χ0n) is 15.6. The van der Waals surface area contributed by atoms with Gasteiger partial charge in [0.1, 0.15) is 5.75 Å². The summed E-state index contributed by atoms with van der Waals surface area (Å²) in [6, 6.07) is 7.62. The molecule has 1 aromatic rings. The van der Waals surface area contributed by atoms with Crippen LogP contribution in [0.25, 0.3) is 0 Å². The zero-order valence-corrected chi connectivity index (χ0v) is 15.6. The van der Waals surface area contributed by atoms with E-state index >= 15 is 0 Å². The van der Waals surface area contributed by atoms with Crippen LogP contribution in [0, 0.1) is 5.92 Å². The first-order chi connectivity index (χ1) is 12.7. The number of methoxy groups -OCH3 is 1. The van der Waals surface area contributed by atoms with Gasteiger partial charge in [0, 0.05) is 38.6 Å². The van der Waals surface area contributed by atoms with Gasteiger partial charge in [-0.25, -0.2) is 4.79 Å². The third-order valence-corrected chi connectivity index (χ3v) is 5.40. The van der Waals surface area contributed by atoms with E-state index in [2.05, 4.69) is 5.32 Å². The smallest absolute Gasteiger partial charge is 0.317 e. The molecule has 2 aliphatic heterocycles. The van der Waals surface area contributed by atoms with Crippen LogP contribution in [0.15, 0.2) is 24.3 Å². The normalized spacial score (nSPS) is 18.5. The van der Waals surface area contributed by atoms with Gasteiger partial charge in [0.25, 0.3) is 0 Å². The molecule has 0 aliphatic carbocycles. The van der Waals surface area contributed by atoms with E-state index in [4.69, 9.17) is 4.74 Å². The second-order valence-corrected chi connectivity index (χ2v) is 7.15. The number of urea groups is 1. The first-order valence-corrected chi connectivity index (χ1v) is 9.62. The third kappa shape index (κ3) is 4.68. The van der Waals surface area contributed by atoms with Crippen molar-refractivity contribution in [3.8, 4) is 5.75 Å². The molecule has 142 valence electrons. The number of carbonyl (C=O) groups is 2. The highest BCUT2D eigenvalue weighted by molar-refractivity contribution is 5.80. The van der Waals surface area contributed by atoms with Crippen LogP contribution in [0.4, 0.5) is 4.79 Å². The number of nitrogens with zero attached hydrogens (tertiary/aromatic N) is 2. The van der Waals surface area contributed by atoms with Gasteiger partial charge in [-0.05, 0) is 49.8 Å². The lowest BCUT2D eigenvalue weighted by molar-refractivity contribution is -0.137. The highest BCUT2D eigenvalue weighted by Crippen LogP contribution is 2.22. The number of likely N-dealkylation sites (tertiary alicyclic amines) is 2. The summed E-state index contributed by atoms with van der Waals surface area (Å²) in [6.45, 7) is 3.61. The molecule has 0 bridgehead atoms. The van der Waals surface area contributed by atoms with E-state index in [-0.39, 0.29) is 11.9 Å². The molecular formula is C20H29N3O3. The molecule has 0 atom stereocenters. The van der Waals surface area contributed by atoms with Crippen molar-refractivity contribution in [1.29, 1.82) is 0 Å². The van der Waals surface area contributed by atoms with E-state index in [1.807, 2.05) is 34.1 Å². The fourth-order valence-electron chi connectivity index (χ4n) is 3.73. The molecule has 1 N–H and O–H groups in total. The minimum absolute atomic E-state index is 0.0512. The Bertz CT molecular complexity index is 603. The molecule has 1 aromatic carbocycles. The molecule has 0 aromatic heterocycles. The summed E-state index contributed by atoms with van der Waals surface area (Å²) in [5.74, 6) is 1.18. The van der Waals surface area contributed by atoms with Crippen molar-refractivity contribution < 1.29 is 14.3 Å². The lowest BCUT2D eigenvalue weighted by Gasteiger charge is -2.35. The largest absolute Gasteiger partial charge is 0.497 e. The number of hydrogen-bond acceptors (Lipinski definition) is 3. The quantitative estimate of drug-likeness (QED) is 0.899. The third-order valence-electron chi connectivity index (χ3n) is 5.40. The average Bonchev–Trinajstić information content (AvgIpc) is 2.72. The number of piperidine rings is 2. The lowest BCUT2D eigenvalue weighted by Crippen LogP contribution is -2.48. The fourth-order valence-corrected chi connectivity index (χ4v) is 3.73. The monoisotopic (exact) mass is 359 g/mol. The standard InChI is InChI=1S/C20H29N3O3/c1-26-18-7-5-16(6-8-18)15-21-20(25)23-13-9-17(10-14-23)19(24)22-11-3-2-4-12-22/h5-8,17H,2-4,9-15H2,1H3,(H,21,25). The van der Waals surface area contributed by atoms with Crippen molar-refractivity contribution in [2.24, 2.45) is 5.92 Å². The number of rotatable bonds is 4. The van der Waals surface area contributed by atoms with Crippen LogP contribution >= 0.6 is 0 Å². The van der Waals surface area contributed by atoms with Gasteiger partial charge in [-0.1, -0.05) is 12.1 Å². The first kappa shape index (κ1) is 18.5. The summed E-state index contributed by atoms with van der Waals surface area (Å²) < 4.78 is 5.14. The SMILES string of the molecule is COc1ccc(CNC(=O)N2CCC(C(=O)N3CCCCC3)CC2)cc1. The van der Waals surface area contributed by atoms with E-state index < -0.39 is 0 Å². The number of nitrogens with one attached hydrogen (secondary N) is 1. The van der Waals surface area contributed by atoms with E-state index in [0.717, 1.165) is 50.1 Å². The molecule has 3 rings (SSSR count). The molecule has 2 aliphatic rings. The summed E-state index contributed by atoms with van der Waals surface area (Å²) >= 11 is 0. The van der Waals surface area contributed by atoms with Gasteiger partial charge >= 0.3 is 6.03 Å². The molecule has 6 nitrogen and oxygen atoms in total. The highest BCUT2D eigenvalue weighted by atomic mass is 16.5. The second kappa shape index (κ2) is 8.92. The van der Waals surface area contributed by atoms with Gasteiger partial charge in [0.2, 0.25) is 5.91 Å². The molecule has 6 heteroatoms. The average molecular weight is 359 g/mol. The first-order valence-electron chi connectivity index (χ1n) is 9.62. The van der Waals surface area contributed by atoms with Crippen LogP contribution in [0.3, 0.4) is 0 Å². The maximum atomic E-state index is 12.6. The van der Waals surface area contributed by atoms with Crippen LogP contribution in [0.1, 0.15) is 37.7 Å². The van der Waals surface area contributed by atoms with Gasteiger partial charge in [0.05, 0.1) is 7.11 Å². The molecule has 0 saturated carbocycles. The zero-order chi connectivity index (χ0) is 18.4. The number of hydrogen-bond donors (Lipinski definition) is 1. The van der Waals surface area contributed by atoms with E-state index in [1.54, 1.807) is 7.11 Å². The Morgan fingerprint density at radius 3 is 2.27 bits per heavy atom. The van der Waals surface area contributed by atoms with Crippen molar-refractivity contribution in [3.05, 3.63) is 29.8 Å². The summed E-state index contributed by atoms with van der Waals surface area (Å²) in [5.41, 5.74) is 1.04. The second-order valence-electron chi connectivity index (χ2n) is 7.15. The van der Waals surface area contributed by atoms with Gasteiger partial charge in [-0.3, -0.25) is 4.79 Å². The van der Waals surface area contributed by atoms with Gasteiger partial charge in [-0.15, -0.1) is 0 Å². The van der Waals surface area contributed by atoms with E-state index in [9.17, 15) is 9.59 Å². The number of ether oxygens (including phenoxy) is 1. The Hall–Kier alpha value is -2.24. The van der Waals surface area contributed by atoms with Crippen LogP contribution in [-0.2, 0) is 11.3 Å². The number of carbonyl (C=O) groups excluding carboxylic acids is 2. The summed E-state index contributed by atoms with van der Waals surface area (Å²) in [4.78, 5) is 28.8. The van der Waals surface area contributed by atoms with E-state index in [1.165, 1.54) is 6.42 Å². The minimum atomic E-state index is -0.0512. The Morgan fingerprint density at radius 2 is 1.65 bits per heavy atom. The predicted molar refractivity (Wildman–Crippen MR) is 100.0 cm³/mol. The van der Waals surface area contributed by atoms with Crippen molar-refractivity contribution >= 4 is 11.9 Å². The molecule has 0 radical (unpaired) electrons. The Balaban J connectivity index is 1.42. The highest BCUT2D eigenvalue weighted by Gasteiger charge is 2.30. The van der Waals surface area contributed by atoms with Crippen LogP contribution < -0.4 is 10.1 Å². The summed E-state index contributed by atoms with van der Waals surface area (Å²) in [5, 5.41) is 2.96. The Labute approximate surface area is 155 Å². The maximum absolute atomic E-state index is 12.6. The summed E-state index contributed by atoms with van der Waals surface area (Å²) in [6.07, 6.45) is 5.02. The molecule has 2 fully saturated rings. The Morgan fingerprint density at radius 1 is 1.00 bits per heavy atom. The topological polar surface area (TPSA) is 61.9 Å². The van der Waals surface area contributed by atoms with Crippen LogP contribution in [-0.4, -0.2) is 55.0 Å². The van der Waals surface area contributed by atoms with Gasteiger partial charge in [0.15, 0.2) is 0 Å². The summed E-state index contributed by atoms with van der Waals surface area (Å²) in [7, 11) is 1.64. The molecule has 2 saturated heterocycles. The Kier molecular flexibility index (Phi) is 6.36. The van der Waals surface area contributed by atoms with E-state index in [0.29, 0.717) is 25.5 Å². The molecular weight excluding hydrogens is 330 g/mol. The molecule has 0 spiro atoms. The van der Waals surface area contributed by atoms with Gasteiger partial charge < -0.3 is 19.9 Å². The van der Waals surface area contributed by atoms with Crippen molar-refractivity contribution in [2.45, 2.75) is 38.6 Å². The van der Waals surface area contributed by atoms with Crippen molar-refractivity contribution in [1.82, 2.24) is 15.1 Å². The lowest BCUT2D eigenvalue weighted by atomic mass is 9.94. The number of amides is 3. The molecule has 0 unspecified atom stereocenters. The van der Waals surface area contributed by atoms with Crippen LogP contribution in [0.5, 0.6) is 5.75 Å². The molecule has 2 heterocycles. The van der Waals surface area contributed by atoms with Gasteiger partial charge in [-0.2, -0.15) is 0 Å². The molecule has 26 heavy (non-hydrogen) atoms. The fraction of sp³-hybridized carbons (Fsp3) is 0.600. The maximum Gasteiger partial charge on any atom is 0.317 e.